The van der Waals surface area contributed by atoms with Gasteiger partial charge in [0.05, 0.1) is 4.92 Å². The standard InChI is InChI=1S/C13H17N3O3/c1-8-10(3-2-4-12(8)16(18)19)13(17)15-11(7-14)9-5-6-9/h2-4,9,11H,5-7,14H2,1H3,(H,15,17). The van der Waals surface area contributed by atoms with Gasteiger partial charge < -0.3 is 11.1 Å². The third-order valence-electron chi connectivity index (χ3n) is 3.51. The van der Waals surface area contributed by atoms with Gasteiger partial charge in [-0.3, -0.25) is 14.9 Å². The molecule has 1 aromatic rings. The molecule has 1 aliphatic carbocycles. The predicted molar refractivity (Wildman–Crippen MR) is 70.9 cm³/mol. The molecule has 1 amide bonds. The third kappa shape index (κ3) is 2.90. The lowest BCUT2D eigenvalue weighted by atomic mass is 10.1. The average molecular weight is 263 g/mol. The minimum Gasteiger partial charge on any atom is -0.348 e. The number of nitrogens with two attached hydrogens (primary N) is 1. The fraction of sp³-hybridized carbons (Fsp3) is 0.462. The maximum Gasteiger partial charge on any atom is 0.273 e. The number of carbonyl (C=O) groups is 1. The van der Waals surface area contributed by atoms with Crippen LogP contribution in [0.5, 0.6) is 0 Å². The van der Waals surface area contributed by atoms with Crippen molar-refractivity contribution in [3.05, 3.63) is 39.4 Å². The van der Waals surface area contributed by atoms with E-state index in [1.807, 2.05) is 0 Å². The summed E-state index contributed by atoms with van der Waals surface area (Å²) in [6.45, 7) is 1.98. The topological polar surface area (TPSA) is 98.3 Å². The SMILES string of the molecule is Cc1c(C(=O)NC(CN)C2CC2)cccc1[N+](=O)[O-]. The summed E-state index contributed by atoms with van der Waals surface area (Å²) in [7, 11) is 0. The van der Waals surface area contributed by atoms with Crippen LogP contribution in [0.4, 0.5) is 5.69 Å². The van der Waals surface area contributed by atoms with Crippen LogP contribution in [0.15, 0.2) is 18.2 Å². The summed E-state index contributed by atoms with van der Waals surface area (Å²) in [5, 5.41) is 13.7. The lowest BCUT2D eigenvalue weighted by Gasteiger charge is -2.16. The van der Waals surface area contributed by atoms with E-state index in [0.717, 1.165) is 12.8 Å². The van der Waals surface area contributed by atoms with Crippen LogP contribution in [0.1, 0.15) is 28.8 Å². The van der Waals surface area contributed by atoms with Gasteiger partial charge in [-0.25, -0.2) is 0 Å². The molecule has 0 saturated heterocycles. The van der Waals surface area contributed by atoms with Crippen molar-refractivity contribution in [3.63, 3.8) is 0 Å². The van der Waals surface area contributed by atoms with Gasteiger partial charge in [0.1, 0.15) is 0 Å². The third-order valence-corrected chi connectivity index (χ3v) is 3.51. The number of nitro benzene ring substituents is 1. The second kappa shape index (κ2) is 5.36. The summed E-state index contributed by atoms with van der Waals surface area (Å²) in [5.74, 6) is 0.163. The zero-order chi connectivity index (χ0) is 14.0. The zero-order valence-corrected chi connectivity index (χ0v) is 10.8. The van der Waals surface area contributed by atoms with Crippen molar-refractivity contribution in [1.82, 2.24) is 5.32 Å². The molecule has 1 aromatic carbocycles. The number of hydrogen-bond donors (Lipinski definition) is 2. The Kier molecular flexibility index (Phi) is 3.80. The molecule has 3 N–H and O–H groups in total. The van der Waals surface area contributed by atoms with Crippen molar-refractivity contribution in [2.24, 2.45) is 11.7 Å². The van der Waals surface area contributed by atoms with Crippen LogP contribution in [0.2, 0.25) is 0 Å². The quantitative estimate of drug-likeness (QED) is 0.619. The Hall–Kier alpha value is -1.95. The highest BCUT2D eigenvalue weighted by atomic mass is 16.6. The molecule has 1 saturated carbocycles. The van der Waals surface area contributed by atoms with Gasteiger partial charge in [-0.05, 0) is 31.7 Å². The normalized spacial score (nSPS) is 15.9. The van der Waals surface area contributed by atoms with E-state index in [1.165, 1.54) is 12.1 Å². The van der Waals surface area contributed by atoms with Gasteiger partial charge in [-0.15, -0.1) is 0 Å². The Bertz CT molecular complexity index is 512. The van der Waals surface area contributed by atoms with Crippen LogP contribution < -0.4 is 11.1 Å². The molecule has 0 radical (unpaired) electrons. The molecule has 19 heavy (non-hydrogen) atoms. The number of rotatable bonds is 5. The number of benzene rings is 1. The highest BCUT2D eigenvalue weighted by molar-refractivity contribution is 5.96. The van der Waals surface area contributed by atoms with Crippen molar-refractivity contribution in [2.45, 2.75) is 25.8 Å². The summed E-state index contributed by atoms with van der Waals surface area (Å²) < 4.78 is 0. The van der Waals surface area contributed by atoms with Crippen molar-refractivity contribution in [2.75, 3.05) is 6.54 Å². The Morgan fingerprint density at radius 3 is 2.79 bits per heavy atom. The summed E-state index contributed by atoms with van der Waals surface area (Å²) in [4.78, 5) is 22.5. The average Bonchev–Trinajstić information content (AvgIpc) is 3.19. The molecule has 0 aliphatic heterocycles. The number of nitro groups is 1. The molecule has 0 bridgehead atoms. The number of nitrogens with one attached hydrogen (secondary N) is 1. The van der Waals surface area contributed by atoms with Crippen LogP contribution in [-0.4, -0.2) is 23.4 Å². The molecule has 102 valence electrons. The number of nitrogens with zero attached hydrogens (tertiary/aromatic N) is 1. The van der Waals surface area contributed by atoms with Crippen LogP contribution in [-0.2, 0) is 0 Å². The van der Waals surface area contributed by atoms with E-state index in [1.54, 1.807) is 13.0 Å². The molecule has 2 rings (SSSR count). The molecule has 6 heteroatoms. The molecular weight excluding hydrogens is 246 g/mol. The summed E-state index contributed by atoms with van der Waals surface area (Å²) in [5.41, 5.74) is 6.32. The van der Waals surface area contributed by atoms with E-state index in [-0.39, 0.29) is 17.6 Å². The Morgan fingerprint density at radius 1 is 1.58 bits per heavy atom. The van der Waals surface area contributed by atoms with Crippen LogP contribution in [0.25, 0.3) is 0 Å². The summed E-state index contributed by atoms with van der Waals surface area (Å²) in [6.07, 6.45) is 2.16. The molecule has 1 fully saturated rings. The first-order valence-corrected chi connectivity index (χ1v) is 6.29. The second-order valence-corrected chi connectivity index (χ2v) is 4.86. The Labute approximate surface area is 111 Å². The molecule has 0 spiro atoms. The van der Waals surface area contributed by atoms with Crippen LogP contribution >= 0.6 is 0 Å². The number of hydrogen-bond acceptors (Lipinski definition) is 4. The number of carbonyl (C=O) groups excluding carboxylic acids is 1. The first kappa shape index (κ1) is 13.5. The summed E-state index contributed by atoms with van der Waals surface area (Å²) >= 11 is 0. The van der Waals surface area contributed by atoms with Crippen molar-refractivity contribution in [3.8, 4) is 0 Å². The van der Waals surface area contributed by atoms with Gasteiger partial charge in [0.15, 0.2) is 0 Å². The fourth-order valence-electron chi connectivity index (χ4n) is 2.18. The van der Waals surface area contributed by atoms with E-state index in [2.05, 4.69) is 5.32 Å². The minimum atomic E-state index is -0.479. The lowest BCUT2D eigenvalue weighted by Crippen LogP contribution is -2.42. The largest absolute Gasteiger partial charge is 0.348 e. The predicted octanol–water partition coefficient (Wildman–Crippen LogP) is 1.37. The highest BCUT2D eigenvalue weighted by Crippen LogP contribution is 2.32. The van der Waals surface area contributed by atoms with E-state index in [0.29, 0.717) is 23.6 Å². The van der Waals surface area contributed by atoms with Gasteiger partial charge >= 0.3 is 0 Å². The van der Waals surface area contributed by atoms with Gasteiger partial charge in [0.25, 0.3) is 11.6 Å². The van der Waals surface area contributed by atoms with Crippen molar-refractivity contribution < 1.29 is 9.72 Å². The lowest BCUT2D eigenvalue weighted by molar-refractivity contribution is -0.385. The van der Waals surface area contributed by atoms with E-state index >= 15 is 0 Å². The Morgan fingerprint density at radius 2 is 2.26 bits per heavy atom. The van der Waals surface area contributed by atoms with E-state index in [9.17, 15) is 14.9 Å². The van der Waals surface area contributed by atoms with Crippen LogP contribution in [0.3, 0.4) is 0 Å². The molecule has 0 aromatic heterocycles. The van der Waals surface area contributed by atoms with E-state index < -0.39 is 4.92 Å². The number of amides is 1. The first-order chi connectivity index (χ1) is 9.04. The first-order valence-electron chi connectivity index (χ1n) is 6.29. The van der Waals surface area contributed by atoms with Gasteiger partial charge in [-0.1, -0.05) is 6.07 Å². The highest BCUT2D eigenvalue weighted by Gasteiger charge is 2.32. The fourth-order valence-corrected chi connectivity index (χ4v) is 2.18. The van der Waals surface area contributed by atoms with E-state index in [4.69, 9.17) is 5.73 Å². The molecule has 1 atom stereocenters. The minimum absolute atomic E-state index is 0.0360. The van der Waals surface area contributed by atoms with Gasteiger partial charge in [0, 0.05) is 29.8 Å². The van der Waals surface area contributed by atoms with Crippen LogP contribution in [0, 0.1) is 23.0 Å². The maximum absolute atomic E-state index is 12.2. The Balaban J connectivity index is 2.18. The second-order valence-electron chi connectivity index (χ2n) is 4.86. The van der Waals surface area contributed by atoms with Gasteiger partial charge in [0.2, 0.25) is 0 Å². The molecule has 1 unspecified atom stereocenters. The molecular formula is C13H17N3O3. The molecule has 1 aliphatic rings. The smallest absolute Gasteiger partial charge is 0.273 e. The zero-order valence-electron chi connectivity index (χ0n) is 10.8. The summed E-state index contributed by atoms with van der Waals surface area (Å²) in [6, 6.07) is 4.48. The molecule has 0 heterocycles. The maximum atomic E-state index is 12.2. The van der Waals surface area contributed by atoms with Crippen molar-refractivity contribution >= 4 is 11.6 Å². The molecule has 6 nitrogen and oxygen atoms in total. The van der Waals surface area contributed by atoms with Crippen molar-refractivity contribution in [1.29, 1.82) is 0 Å². The van der Waals surface area contributed by atoms with Gasteiger partial charge in [-0.2, -0.15) is 0 Å². The monoisotopic (exact) mass is 263 g/mol.